The smallest absolute Gasteiger partial charge is 0.109 e. The van der Waals surface area contributed by atoms with Gasteiger partial charge in [0.1, 0.15) is 11.4 Å². The van der Waals surface area contributed by atoms with Gasteiger partial charge in [-0.15, -0.1) is 0 Å². The van der Waals surface area contributed by atoms with Crippen LogP contribution in [0.1, 0.15) is 38.3 Å². The minimum absolute atomic E-state index is 0.353. The first-order valence-electron chi connectivity index (χ1n) is 7.60. The second-order valence-corrected chi connectivity index (χ2v) is 5.68. The number of benzene rings is 1. The molecule has 1 aliphatic rings. The number of rotatable bonds is 5. The van der Waals surface area contributed by atoms with Crippen LogP contribution in [0.5, 0.6) is 0 Å². The molecule has 1 fully saturated rings. The topological polar surface area (TPSA) is 62.0 Å². The average molecular weight is 280 g/mol. The van der Waals surface area contributed by atoms with Gasteiger partial charge in [0.15, 0.2) is 0 Å². The van der Waals surface area contributed by atoms with Crippen LogP contribution in [0.25, 0.3) is 11.0 Å². The Balaban J connectivity index is 1.80. The zero-order valence-electron chi connectivity index (χ0n) is 12.3. The molecule has 0 radical (unpaired) electrons. The van der Waals surface area contributed by atoms with Crippen LogP contribution >= 0.6 is 0 Å². The van der Waals surface area contributed by atoms with Crippen molar-refractivity contribution < 1.29 is 0 Å². The molecule has 0 saturated heterocycles. The molecule has 1 aromatic heterocycles. The molecule has 1 saturated carbocycles. The van der Waals surface area contributed by atoms with Gasteiger partial charge in [-0.3, -0.25) is 9.98 Å². The summed E-state index contributed by atoms with van der Waals surface area (Å²) in [7, 11) is 0. The van der Waals surface area contributed by atoms with E-state index in [0.29, 0.717) is 17.4 Å². The summed E-state index contributed by atoms with van der Waals surface area (Å²) in [5.41, 5.74) is 3.06. The van der Waals surface area contributed by atoms with Gasteiger partial charge in [0.2, 0.25) is 0 Å². The standard InChI is InChI=1S/C17H20N4/c1-2-5-12-8-13(9-12)20-16(10-18)17-11-19-14-6-3-4-7-15(14)21-17/h3-4,6-7,10-13,18H,2,5,8-9H2,1H3/b18-10?,20-16-. The lowest BCUT2D eigenvalue weighted by Crippen LogP contribution is -2.28. The largest absolute Gasteiger partial charge is 0.306 e. The van der Waals surface area contributed by atoms with Gasteiger partial charge < -0.3 is 5.41 Å². The third-order valence-electron chi connectivity index (χ3n) is 4.08. The highest BCUT2D eigenvalue weighted by Gasteiger charge is 2.28. The zero-order chi connectivity index (χ0) is 14.7. The van der Waals surface area contributed by atoms with Crippen LogP contribution in [0, 0.1) is 11.3 Å². The van der Waals surface area contributed by atoms with Crippen LogP contribution < -0.4 is 0 Å². The molecule has 2 aromatic rings. The van der Waals surface area contributed by atoms with E-state index in [-0.39, 0.29) is 0 Å². The molecule has 0 atom stereocenters. The summed E-state index contributed by atoms with van der Waals surface area (Å²) in [5, 5.41) is 7.61. The second kappa shape index (κ2) is 6.12. The van der Waals surface area contributed by atoms with Crippen LogP contribution in [0.2, 0.25) is 0 Å². The van der Waals surface area contributed by atoms with E-state index < -0.39 is 0 Å². The summed E-state index contributed by atoms with van der Waals surface area (Å²) >= 11 is 0. The molecule has 21 heavy (non-hydrogen) atoms. The molecule has 1 aliphatic carbocycles. The molecule has 108 valence electrons. The van der Waals surface area contributed by atoms with Crippen molar-refractivity contribution in [3.63, 3.8) is 0 Å². The number of aromatic nitrogens is 2. The Morgan fingerprint density at radius 1 is 1.33 bits per heavy atom. The molecule has 0 spiro atoms. The Kier molecular flexibility index (Phi) is 4.04. The molecule has 3 rings (SSSR count). The molecule has 0 amide bonds. The predicted octanol–water partition coefficient (Wildman–Crippen LogP) is 3.65. The number of hydrogen-bond donors (Lipinski definition) is 1. The highest BCUT2D eigenvalue weighted by Crippen LogP contribution is 2.33. The van der Waals surface area contributed by atoms with E-state index >= 15 is 0 Å². The van der Waals surface area contributed by atoms with Gasteiger partial charge in [-0.1, -0.05) is 31.9 Å². The van der Waals surface area contributed by atoms with Gasteiger partial charge >= 0.3 is 0 Å². The van der Waals surface area contributed by atoms with Crippen LogP contribution in [-0.4, -0.2) is 27.9 Å². The van der Waals surface area contributed by atoms with Gasteiger partial charge in [-0.05, 0) is 30.9 Å². The minimum Gasteiger partial charge on any atom is -0.306 e. The maximum Gasteiger partial charge on any atom is 0.109 e. The van der Waals surface area contributed by atoms with Crippen molar-refractivity contribution in [1.82, 2.24) is 9.97 Å². The Morgan fingerprint density at radius 2 is 2.10 bits per heavy atom. The number of fused-ring (bicyclic) bond motifs is 1. The fraction of sp³-hybridized carbons (Fsp3) is 0.412. The normalized spacial score (nSPS) is 22.0. The highest BCUT2D eigenvalue weighted by atomic mass is 14.9. The molecule has 0 aliphatic heterocycles. The molecular weight excluding hydrogens is 260 g/mol. The second-order valence-electron chi connectivity index (χ2n) is 5.68. The quantitative estimate of drug-likeness (QED) is 0.850. The van der Waals surface area contributed by atoms with Crippen molar-refractivity contribution in [1.29, 1.82) is 5.41 Å². The summed E-state index contributed by atoms with van der Waals surface area (Å²) < 4.78 is 0. The van der Waals surface area contributed by atoms with Crippen molar-refractivity contribution in [2.24, 2.45) is 10.9 Å². The minimum atomic E-state index is 0.353. The van der Waals surface area contributed by atoms with E-state index in [9.17, 15) is 0 Å². The van der Waals surface area contributed by atoms with E-state index in [4.69, 9.17) is 5.41 Å². The molecule has 1 N–H and O–H groups in total. The van der Waals surface area contributed by atoms with Gasteiger partial charge in [-0.2, -0.15) is 0 Å². The lowest BCUT2D eigenvalue weighted by Gasteiger charge is -2.32. The molecule has 1 aromatic carbocycles. The van der Waals surface area contributed by atoms with E-state index in [1.54, 1.807) is 6.20 Å². The number of nitrogens with one attached hydrogen (secondary N) is 1. The molecular formula is C17H20N4. The summed E-state index contributed by atoms with van der Waals surface area (Å²) in [6.07, 6.45) is 7.84. The zero-order valence-corrected chi connectivity index (χ0v) is 12.3. The van der Waals surface area contributed by atoms with E-state index in [0.717, 1.165) is 29.8 Å². The summed E-state index contributed by atoms with van der Waals surface area (Å²) in [6, 6.07) is 8.13. The van der Waals surface area contributed by atoms with Gasteiger partial charge in [0.25, 0.3) is 0 Å². The van der Waals surface area contributed by atoms with E-state index in [2.05, 4.69) is 21.9 Å². The van der Waals surface area contributed by atoms with Crippen molar-refractivity contribution >= 4 is 23.0 Å². The molecule has 0 unspecified atom stereocenters. The third kappa shape index (κ3) is 2.99. The average Bonchev–Trinajstić information content (AvgIpc) is 2.49. The van der Waals surface area contributed by atoms with Crippen molar-refractivity contribution in [3.8, 4) is 0 Å². The van der Waals surface area contributed by atoms with Crippen LogP contribution in [0.4, 0.5) is 0 Å². The monoisotopic (exact) mass is 280 g/mol. The SMILES string of the molecule is CCCC1CC(/N=C(/C=N)c2cnc3ccccc3n2)C1. The Labute approximate surface area is 124 Å². The Morgan fingerprint density at radius 3 is 2.81 bits per heavy atom. The number of para-hydroxylation sites is 2. The van der Waals surface area contributed by atoms with Crippen molar-refractivity contribution in [2.45, 2.75) is 38.6 Å². The first kappa shape index (κ1) is 13.9. The van der Waals surface area contributed by atoms with Crippen LogP contribution in [-0.2, 0) is 0 Å². The lowest BCUT2D eigenvalue weighted by molar-refractivity contribution is 0.250. The van der Waals surface area contributed by atoms with Crippen LogP contribution in [0.3, 0.4) is 0 Å². The molecule has 4 heteroatoms. The van der Waals surface area contributed by atoms with Crippen molar-refractivity contribution in [3.05, 3.63) is 36.2 Å². The summed E-state index contributed by atoms with van der Waals surface area (Å²) in [5.74, 6) is 0.818. The maximum absolute atomic E-state index is 7.61. The molecule has 0 bridgehead atoms. The first-order valence-corrected chi connectivity index (χ1v) is 7.60. The third-order valence-corrected chi connectivity index (χ3v) is 4.08. The number of hydrogen-bond acceptors (Lipinski definition) is 4. The number of nitrogens with zero attached hydrogens (tertiary/aromatic N) is 3. The number of aliphatic imine (C=N–C) groups is 1. The Hall–Kier alpha value is -2.10. The van der Waals surface area contributed by atoms with Gasteiger partial charge in [-0.25, -0.2) is 4.98 Å². The summed E-state index contributed by atoms with van der Waals surface area (Å²) in [6.45, 7) is 2.23. The van der Waals surface area contributed by atoms with Crippen molar-refractivity contribution in [2.75, 3.05) is 0 Å². The first-order chi connectivity index (χ1) is 10.3. The van der Waals surface area contributed by atoms with E-state index in [1.807, 2.05) is 24.3 Å². The fourth-order valence-electron chi connectivity index (χ4n) is 2.90. The highest BCUT2D eigenvalue weighted by molar-refractivity contribution is 6.36. The van der Waals surface area contributed by atoms with Crippen LogP contribution in [0.15, 0.2) is 35.5 Å². The fourth-order valence-corrected chi connectivity index (χ4v) is 2.90. The molecule has 4 nitrogen and oxygen atoms in total. The van der Waals surface area contributed by atoms with E-state index in [1.165, 1.54) is 19.1 Å². The summed E-state index contributed by atoms with van der Waals surface area (Å²) in [4.78, 5) is 13.6. The lowest BCUT2D eigenvalue weighted by atomic mass is 9.78. The molecule has 1 heterocycles. The van der Waals surface area contributed by atoms with Gasteiger partial charge in [0, 0.05) is 6.21 Å². The maximum atomic E-state index is 7.61. The Bertz CT molecular complexity index is 671. The predicted molar refractivity (Wildman–Crippen MR) is 86.3 cm³/mol. The van der Waals surface area contributed by atoms with Gasteiger partial charge in [0.05, 0.1) is 23.3 Å².